The first-order valence-electron chi connectivity index (χ1n) is 6.05. The highest BCUT2D eigenvalue weighted by molar-refractivity contribution is 5.33. The SMILES string of the molecule is CCC(C)CNc1ccnn1CC1CC1. The summed E-state index contributed by atoms with van der Waals surface area (Å²) in [6.07, 6.45) is 5.88. The number of nitrogens with zero attached hydrogens (tertiary/aromatic N) is 2. The van der Waals surface area contributed by atoms with Crippen LogP contribution in [0.2, 0.25) is 0 Å². The zero-order chi connectivity index (χ0) is 10.7. The molecule has 3 nitrogen and oxygen atoms in total. The van der Waals surface area contributed by atoms with E-state index < -0.39 is 0 Å². The van der Waals surface area contributed by atoms with Gasteiger partial charge in [-0.1, -0.05) is 20.3 Å². The molecule has 1 N–H and O–H groups in total. The number of anilines is 1. The van der Waals surface area contributed by atoms with Crippen molar-refractivity contribution < 1.29 is 0 Å². The Labute approximate surface area is 91.9 Å². The van der Waals surface area contributed by atoms with Gasteiger partial charge in [-0.15, -0.1) is 0 Å². The first-order valence-corrected chi connectivity index (χ1v) is 6.05. The van der Waals surface area contributed by atoms with Crippen LogP contribution in [-0.2, 0) is 6.54 Å². The average Bonchev–Trinajstić information content (AvgIpc) is 2.94. The Balaban J connectivity index is 1.86. The molecule has 1 fully saturated rings. The molecule has 1 heterocycles. The van der Waals surface area contributed by atoms with Crippen LogP contribution < -0.4 is 5.32 Å². The largest absolute Gasteiger partial charge is 0.370 e. The van der Waals surface area contributed by atoms with Gasteiger partial charge in [0.1, 0.15) is 5.82 Å². The molecule has 0 aromatic carbocycles. The van der Waals surface area contributed by atoms with E-state index in [1.165, 1.54) is 25.1 Å². The molecule has 1 atom stereocenters. The van der Waals surface area contributed by atoms with Gasteiger partial charge in [0, 0.05) is 19.2 Å². The van der Waals surface area contributed by atoms with Crippen LogP contribution in [0.3, 0.4) is 0 Å². The van der Waals surface area contributed by atoms with E-state index in [0.29, 0.717) is 0 Å². The van der Waals surface area contributed by atoms with Crippen molar-refractivity contribution in [3.63, 3.8) is 0 Å². The van der Waals surface area contributed by atoms with Crippen LogP contribution in [0.4, 0.5) is 5.82 Å². The molecule has 1 aromatic rings. The van der Waals surface area contributed by atoms with Gasteiger partial charge in [0.15, 0.2) is 0 Å². The predicted octanol–water partition coefficient (Wildman–Crippen LogP) is 2.75. The number of rotatable bonds is 6. The maximum absolute atomic E-state index is 4.35. The van der Waals surface area contributed by atoms with E-state index in [9.17, 15) is 0 Å². The zero-order valence-electron chi connectivity index (χ0n) is 9.74. The van der Waals surface area contributed by atoms with Gasteiger partial charge in [0.2, 0.25) is 0 Å². The van der Waals surface area contributed by atoms with E-state index in [0.717, 1.165) is 24.9 Å². The Morgan fingerprint density at radius 1 is 1.60 bits per heavy atom. The molecule has 0 bridgehead atoms. The van der Waals surface area contributed by atoms with Gasteiger partial charge in [-0.05, 0) is 24.7 Å². The molecule has 0 spiro atoms. The zero-order valence-corrected chi connectivity index (χ0v) is 9.74. The lowest BCUT2D eigenvalue weighted by Gasteiger charge is -2.12. The molecular formula is C12H21N3. The molecule has 0 aliphatic heterocycles. The second kappa shape index (κ2) is 4.69. The number of nitrogens with one attached hydrogen (secondary N) is 1. The lowest BCUT2D eigenvalue weighted by molar-refractivity contribution is 0.554. The van der Waals surface area contributed by atoms with E-state index >= 15 is 0 Å². The normalized spacial score (nSPS) is 17.7. The standard InChI is InChI=1S/C12H21N3/c1-3-10(2)8-13-12-6-7-14-15(12)9-11-4-5-11/h6-7,10-11,13H,3-5,8-9H2,1-2H3. The van der Waals surface area contributed by atoms with Crippen molar-refractivity contribution in [2.24, 2.45) is 11.8 Å². The molecule has 1 aliphatic carbocycles. The molecule has 1 aromatic heterocycles. The third-order valence-corrected chi connectivity index (χ3v) is 3.17. The molecule has 15 heavy (non-hydrogen) atoms. The van der Waals surface area contributed by atoms with Crippen LogP contribution in [0.25, 0.3) is 0 Å². The second-order valence-corrected chi connectivity index (χ2v) is 4.74. The summed E-state index contributed by atoms with van der Waals surface area (Å²) in [4.78, 5) is 0. The summed E-state index contributed by atoms with van der Waals surface area (Å²) in [7, 11) is 0. The second-order valence-electron chi connectivity index (χ2n) is 4.74. The van der Waals surface area contributed by atoms with Crippen molar-refractivity contribution in [2.45, 2.75) is 39.7 Å². The molecule has 1 aliphatic rings. The lowest BCUT2D eigenvalue weighted by Crippen LogP contribution is -2.14. The maximum atomic E-state index is 4.35. The fourth-order valence-electron chi connectivity index (χ4n) is 1.60. The molecule has 0 saturated heterocycles. The lowest BCUT2D eigenvalue weighted by atomic mass is 10.1. The van der Waals surface area contributed by atoms with Gasteiger partial charge in [0.05, 0.1) is 6.20 Å². The summed E-state index contributed by atoms with van der Waals surface area (Å²) in [6, 6.07) is 2.07. The van der Waals surface area contributed by atoms with E-state index in [-0.39, 0.29) is 0 Å². The van der Waals surface area contributed by atoms with Crippen molar-refractivity contribution in [3.8, 4) is 0 Å². The number of hydrogen-bond donors (Lipinski definition) is 1. The fourth-order valence-corrected chi connectivity index (χ4v) is 1.60. The molecule has 84 valence electrons. The average molecular weight is 207 g/mol. The van der Waals surface area contributed by atoms with Crippen LogP contribution in [0.1, 0.15) is 33.1 Å². The molecule has 0 radical (unpaired) electrons. The predicted molar refractivity (Wildman–Crippen MR) is 62.9 cm³/mol. The van der Waals surface area contributed by atoms with Crippen LogP contribution in [-0.4, -0.2) is 16.3 Å². The third kappa shape index (κ3) is 2.98. The van der Waals surface area contributed by atoms with Crippen molar-refractivity contribution >= 4 is 5.82 Å². The van der Waals surface area contributed by atoms with Crippen molar-refractivity contribution in [3.05, 3.63) is 12.3 Å². The minimum atomic E-state index is 0.731. The van der Waals surface area contributed by atoms with E-state index in [4.69, 9.17) is 0 Å². The number of hydrogen-bond acceptors (Lipinski definition) is 2. The summed E-state index contributed by atoms with van der Waals surface area (Å²) >= 11 is 0. The van der Waals surface area contributed by atoms with Gasteiger partial charge in [0.25, 0.3) is 0 Å². The minimum Gasteiger partial charge on any atom is -0.370 e. The van der Waals surface area contributed by atoms with Gasteiger partial charge >= 0.3 is 0 Å². The van der Waals surface area contributed by atoms with E-state index in [1.807, 2.05) is 6.20 Å². The quantitative estimate of drug-likeness (QED) is 0.777. The first kappa shape index (κ1) is 10.5. The minimum absolute atomic E-state index is 0.731. The highest BCUT2D eigenvalue weighted by Crippen LogP contribution is 2.31. The summed E-state index contributed by atoms with van der Waals surface area (Å²) in [5.41, 5.74) is 0. The smallest absolute Gasteiger partial charge is 0.124 e. The third-order valence-electron chi connectivity index (χ3n) is 3.17. The monoisotopic (exact) mass is 207 g/mol. The highest BCUT2D eigenvalue weighted by atomic mass is 15.3. The summed E-state index contributed by atoms with van der Waals surface area (Å²) < 4.78 is 2.11. The van der Waals surface area contributed by atoms with Crippen molar-refractivity contribution in [2.75, 3.05) is 11.9 Å². The fraction of sp³-hybridized carbons (Fsp3) is 0.750. The van der Waals surface area contributed by atoms with Gasteiger partial charge in [-0.25, -0.2) is 4.68 Å². The maximum Gasteiger partial charge on any atom is 0.124 e. The molecular weight excluding hydrogens is 186 g/mol. The summed E-state index contributed by atoms with van der Waals surface area (Å²) in [5.74, 6) is 2.80. The van der Waals surface area contributed by atoms with E-state index in [2.05, 4.69) is 35.0 Å². The Hall–Kier alpha value is -0.990. The van der Waals surface area contributed by atoms with Crippen LogP contribution in [0.15, 0.2) is 12.3 Å². The molecule has 1 unspecified atom stereocenters. The van der Waals surface area contributed by atoms with Crippen LogP contribution >= 0.6 is 0 Å². The van der Waals surface area contributed by atoms with Crippen LogP contribution in [0.5, 0.6) is 0 Å². The molecule has 1 saturated carbocycles. The van der Waals surface area contributed by atoms with Gasteiger partial charge < -0.3 is 5.32 Å². The number of aromatic nitrogens is 2. The topological polar surface area (TPSA) is 29.9 Å². The molecule has 0 amide bonds. The van der Waals surface area contributed by atoms with Crippen molar-refractivity contribution in [1.82, 2.24) is 9.78 Å². The summed E-state index contributed by atoms with van der Waals surface area (Å²) in [6.45, 7) is 6.64. The highest BCUT2D eigenvalue weighted by Gasteiger charge is 2.22. The van der Waals surface area contributed by atoms with Gasteiger partial charge in [-0.3, -0.25) is 0 Å². The van der Waals surface area contributed by atoms with Crippen molar-refractivity contribution in [1.29, 1.82) is 0 Å². The first-order chi connectivity index (χ1) is 7.29. The van der Waals surface area contributed by atoms with Gasteiger partial charge in [-0.2, -0.15) is 5.10 Å². The molecule has 3 heteroatoms. The van der Waals surface area contributed by atoms with Crippen LogP contribution in [0, 0.1) is 11.8 Å². The Morgan fingerprint density at radius 3 is 3.07 bits per heavy atom. The van der Waals surface area contributed by atoms with E-state index in [1.54, 1.807) is 0 Å². The summed E-state index contributed by atoms with van der Waals surface area (Å²) in [5, 5.41) is 7.83. The Kier molecular flexibility index (Phi) is 3.29. The Morgan fingerprint density at radius 2 is 2.40 bits per heavy atom. The Bertz CT molecular complexity index is 302. The molecule has 2 rings (SSSR count).